The Bertz CT molecular complexity index is 661. The van der Waals surface area contributed by atoms with Crippen molar-refractivity contribution in [1.82, 2.24) is 4.90 Å². The lowest BCUT2D eigenvalue weighted by molar-refractivity contribution is -0.385. The lowest BCUT2D eigenvalue weighted by Gasteiger charge is -2.37. The highest BCUT2D eigenvalue weighted by Gasteiger charge is 2.32. The number of hydrogen-bond acceptors (Lipinski definition) is 5. The van der Waals surface area contributed by atoms with Gasteiger partial charge >= 0.3 is 5.69 Å². The van der Waals surface area contributed by atoms with Gasteiger partial charge in [-0.05, 0) is 38.8 Å². The molecule has 8 nitrogen and oxygen atoms in total. The van der Waals surface area contributed by atoms with Crippen LogP contribution in [0.2, 0.25) is 0 Å². The number of benzene rings is 1. The van der Waals surface area contributed by atoms with Crippen LogP contribution in [0.4, 0.5) is 5.69 Å². The van der Waals surface area contributed by atoms with E-state index in [1.54, 1.807) is 11.8 Å². The molecule has 1 aliphatic rings. The van der Waals surface area contributed by atoms with Crippen LogP contribution in [0.5, 0.6) is 5.75 Å². The third-order valence-electron chi connectivity index (χ3n) is 4.25. The molecule has 2 atom stereocenters. The van der Waals surface area contributed by atoms with Crippen molar-refractivity contribution in [3.63, 3.8) is 0 Å². The van der Waals surface area contributed by atoms with Gasteiger partial charge in [-0.2, -0.15) is 0 Å². The van der Waals surface area contributed by atoms with E-state index in [4.69, 9.17) is 10.5 Å². The average molecular weight is 335 g/mol. The topological polar surface area (TPSA) is 116 Å². The van der Waals surface area contributed by atoms with Crippen molar-refractivity contribution in [2.24, 2.45) is 11.7 Å². The largest absolute Gasteiger partial charge is 0.487 e. The number of nitrogens with zero attached hydrogens (tertiary/aromatic N) is 2. The third-order valence-corrected chi connectivity index (χ3v) is 4.25. The number of carbonyl (C=O) groups excluding carboxylic acids is 2. The standard InChI is InChI=1S/C16H21N3O5/c1-3-24-14-7-6-11(8-13(14)19(22)23)16(21)18-9-12(15(17)20)5-4-10(18)2/h6-8,10,12H,3-5,9H2,1-2H3,(H2,17,20)/t10-,12+/m0/s1. The Balaban J connectivity index is 2.29. The molecular weight excluding hydrogens is 314 g/mol. The molecule has 2 rings (SSSR count). The molecule has 0 bridgehead atoms. The van der Waals surface area contributed by atoms with Gasteiger partial charge in [0.1, 0.15) is 0 Å². The van der Waals surface area contributed by atoms with E-state index in [0.29, 0.717) is 12.8 Å². The number of hydrogen-bond donors (Lipinski definition) is 1. The summed E-state index contributed by atoms with van der Waals surface area (Å²) in [5, 5.41) is 11.2. The third kappa shape index (κ3) is 3.64. The smallest absolute Gasteiger partial charge is 0.311 e. The predicted octanol–water partition coefficient (Wildman–Crippen LogP) is 1.72. The maximum atomic E-state index is 12.7. The Morgan fingerprint density at radius 3 is 2.71 bits per heavy atom. The quantitative estimate of drug-likeness (QED) is 0.649. The number of nitrogens with two attached hydrogens (primary N) is 1. The average Bonchev–Trinajstić information content (AvgIpc) is 2.54. The van der Waals surface area contributed by atoms with E-state index in [1.807, 2.05) is 6.92 Å². The van der Waals surface area contributed by atoms with E-state index in [0.717, 1.165) is 0 Å². The molecule has 2 N–H and O–H groups in total. The predicted molar refractivity (Wildman–Crippen MR) is 86.7 cm³/mol. The first kappa shape index (κ1) is 17.7. The SMILES string of the molecule is CCOc1ccc(C(=O)N2C[C@H](C(N)=O)CC[C@@H]2C)cc1[N+](=O)[O-]. The molecule has 2 amide bonds. The van der Waals surface area contributed by atoms with Crippen LogP contribution in [-0.2, 0) is 4.79 Å². The van der Waals surface area contributed by atoms with Crippen molar-refractivity contribution in [1.29, 1.82) is 0 Å². The fourth-order valence-corrected chi connectivity index (χ4v) is 2.86. The van der Waals surface area contributed by atoms with E-state index in [9.17, 15) is 19.7 Å². The highest BCUT2D eigenvalue weighted by atomic mass is 16.6. The van der Waals surface area contributed by atoms with Crippen LogP contribution in [0.1, 0.15) is 37.0 Å². The van der Waals surface area contributed by atoms with Gasteiger partial charge in [0.25, 0.3) is 5.91 Å². The zero-order valence-electron chi connectivity index (χ0n) is 13.7. The lowest BCUT2D eigenvalue weighted by Crippen LogP contribution is -2.48. The number of ether oxygens (including phenoxy) is 1. The first-order valence-corrected chi connectivity index (χ1v) is 7.86. The summed E-state index contributed by atoms with van der Waals surface area (Å²) >= 11 is 0. The summed E-state index contributed by atoms with van der Waals surface area (Å²) in [4.78, 5) is 36.3. The molecule has 0 saturated carbocycles. The van der Waals surface area contributed by atoms with Crippen molar-refractivity contribution in [3.8, 4) is 5.75 Å². The fourth-order valence-electron chi connectivity index (χ4n) is 2.86. The Kier molecular flexibility index (Phi) is 5.38. The van der Waals surface area contributed by atoms with Gasteiger partial charge in [0.15, 0.2) is 5.75 Å². The molecule has 1 aromatic carbocycles. The van der Waals surface area contributed by atoms with E-state index in [-0.39, 0.29) is 48.0 Å². The van der Waals surface area contributed by atoms with Crippen LogP contribution in [0.15, 0.2) is 18.2 Å². The highest BCUT2D eigenvalue weighted by molar-refractivity contribution is 5.96. The first-order valence-electron chi connectivity index (χ1n) is 7.86. The molecule has 24 heavy (non-hydrogen) atoms. The maximum Gasteiger partial charge on any atom is 0.311 e. The summed E-state index contributed by atoms with van der Waals surface area (Å²) in [5.41, 5.74) is 5.29. The van der Waals surface area contributed by atoms with Crippen LogP contribution < -0.4 is 10.5 Å². The summed E-state index contributed by atoms with van der Waals surface area (Å²) in [7, 11) is 0. The number of carbonyl (C=O) groups is 2. The van der Waals surface area contributed by atoms with Crippen LogP contribution in [0.25, 0.3) is 0 Å². The number of rotatable bonds is 5. The summed E-state index contributed by atoms with van der Waals surface area (Å²) in [6.07, 6.45) is 1.31. The summed E-state index contributed by atoms with van der Waals surface area (Å²) < 4.78 is 5.22. The molecule has 0 aliphatic carbocycles. The number of primary amides is 1. The van der Waals surface area contributed by atoms with Crippen LogP contribution in [0, 0.1) is 16.0 Å². The molecule has 0 aromatic heterocycles. The second kappa shape index (κ2) is 7.29. The second-order valence-corrected chi connectivity index (χ2v) is 5.86. The van der Waals surface area contributed by atoms with Gasteiger partial charge in [-0.3, -0.25) is 19.7 Å². The minimum absolute atomic E-state index is 0.0567. The van der Waals surface area contributed by atoms with Crippen molar-refractivity contribution in [2.45, 2.75) is 32.7 Å². The van der Waals surface area contributed by atoms with Gasteiger partial charge in [-0.25, -0.2) is 0 Å². The molecule has 0 spiro atoms. The molecule has 1 saturated heterocycles. The molecular formula is C16H21N3O5. The van der Waals surface area contributed by atoms with Crippen molar-refractivity contribution >= 4 is 17.5 Å². The van der Waals surface area contributed by atoms with Crippen molar-refractivity contribution in [3.05, 3.63) is 33.9 Å². The molecule has 1 aliphatic heterocycles. The normalized spacial score (nSPS) is 20.5. The summed E-state index contributed by atoms with van der Waals surface area (Å²) in [5.74, 6) is -1.04. The highest BCUT2D eigenvalue weighted by Crippen LogP contribution is 2.30. The first-order chi connectivity index (χ1) is 11.3. The zero-order valence-corrected chi connectivity index (χ0v) is 13.7. The minimum Gasteiger partial charge on any atom is -0.487 e. The van der Waals surface area contributed by atoms with Gasteiger partial charge < -0.3 is 15.4 Å². The fraction of sp³-hybridized carbons (Fsp3) is 0.500. The maximum absolute atomic E-state index is 12.7. The number of piperidine rings is 1. The van der Waals surface area contributed by atoms with Gasteiger partial charge in [0.05, 0.1) is 17.4 Å². The minimum atomic E-state index is -0.576. The van der Waals surface area contributed by atoms with Crippen LogP contribution >= 0.6 is 0 Å². The number of likely N-dealkylation sites (tertiary alicyclic amines) is 1. The van der Waals surface area contributed by atoms with Gasteiger partial charge in [-0.15, -0.1) is 0 Å². The second-order valence-electron chi connectivity index (χ2n) is 5.86. The Hall–Kier alpha value is -2.64. The summed E-state index contributed by atoms with van der Waals surface area (Å²) in [6.45, 7) is 4.13. The molecule has 1 aromatic rings. The number of amides is 2. The van der Waals surface area contributed by atoms with Gasteiger partial charge in [-0.1, -0.05) is 0 Å². The molecule has 8 heteroatoms. The molecule has 1 fully saturated rings. The zero-order chi connectivity index (χ0) is 17.9. The van der Waals surface area contributed by atoms with Crippen molar-refractivity contribution < 1.29 is 19.2 Å². The molecule has 0 radical (unpaired) electrons. The number of nitro benzene ring substituents is 1. The molecule has 130 valence electrons. The van der Waals surface area contributed by atoms with E-state index in [1.165, 1.54) is 18.2 Å². The molecule has 1 heterocycles. The monoisotopic (exact) mass is 335 g/mol. The van der Waals surface area contributed by atoms with Gasteiger partial charge in [0, 0.05) is 24.2 Å². The summed E-state index contributed by atoms with van der Waals surface area (Å²) in [6, 6.07) is 4.09. The lowest BCUT2D eigenvalue weighted by atomic mass is 9.92. The Morgan fingerprint density at radius 2 is 2.12 bits per heavy atom. The molecule has 0 unspecified atom stereocenters. The van der Waals surface area contributed by atoms with Gasteiger partial charge in [0.2, 0.25) is 5.91 Å². The van der Waals surface area contributed by atoms with E-state index >= 15 is 0 Å². The Morgan fingerprint density at radius 1 is 1.42 bits per heavy atom. The van der Waals surface area contributed by atoms with Crippen LogP contribution in [-0.4, -0.2) is 40.8 Å². The van der Waals surface area contributed by atoms with E-state index < -0.39 is 10.8 Å². The Labute approximate surface area is 139 Å². The number of nitro groups is 1. The van der Waals surface area contributed by atoms with E-state index in [2.05, 4.69) is 0 Å². The van der Waals surface area contributed by atoms with Crippen molar-refractivity contribution in [2.75, 3.05) is 13.2 Å². The van der Waals surface area contributed by atoms with Crippen LogP contribution in [0.3, 0.4) is 0 Å².